The van der Waals surface area contributed by atoms with E-state index in [0.29, 0.717) is 29.1 Å². The van der Waals surface area contributed by atoms with Crippen LogP contribution in [0.1, 0.15) is 35.3 Å². The molecule has 154 valence electrons. The van der Waals surface area contributed by atoms with E-state index in [4.69, 9.17) is 11.6 Å². The number of halogens is 1. The smallest absolute Gasteiger partial charge is 0.0914 e. The van der Waals surface area contributed by atoms with Crippen LogP contribution in [0.4, 0.5) is 0 Å². The van der Waals surface area contributed by atoms with Crippen LogP contribution in [0.2, 0.25) is 5.02 Å². The Morgan fingerprint density at radius 3 is 2.48 bits per heavy atom. The number of carboxylic acids is 2. The van der Waals surface area contributed by atoms with Crippen molar-refractivity contribution in [3.05, 3.63) is 69.7 Å². The summed E-state index contributed by atoms with van der Waals surface area (Å²) in [6, 6.07) is 12.6. The molecule has 2 unspecified atom stereocenters. The minimum absolute atomic E-state index is 0.0373. The number of nitrogens with one attached hydrogen (secondary N) is 1. The molecule has 29 heavy (non-hydrogen) atoms. The fourth-order valence-corrected chi connectivity index (χ4v) is 4.00. The molecule has 6 nitrogen and oxygen atoms in total. The number of aliphatic hydroxyl groups excluding tert-OH is 1. The summed E-state index contributed by atoms with van der Waals surface area (Å²) in [5, 5.41) is 37.0. The van der Waals surface area contributed by atoms with Gasteiger partial charge in [0.05, 0.1) is 23.5 Å². The van der Waals surface area contributed by atoms with Crippen molar-refractivity contribution >= 4 is 23.5 Å². The average molecular weight is 416 g/mol. The summed E-state index contributed by atoms with van der Waals surface area (Å²) in [4.78, 5) is 22.8. The highest BCUT2D eigenvalue weighted by atomic mass is 35.5. The lowest BCUT2D eigenvalue weighted by Gasteiger charge is -2.30. The van der Waals surface area contributed by atoms with E-state index in [0.717, 1.165) is 11.1 Å². The maximum Gasteiger partial charge on any atom is 0.0914 e. The van der Waals surface area contributed by atoms with Gasteiger partial charge in [0, 0.05) is 17.6 Å². The fourth-order valence-electron chi connectivity index (χ4n) is 3.80. The number of carbonyl (C=O) groups is 2. The van der Waals surface area contributed by atoms with Gasteiger partial charge in [-0.2, -0.15) is 0 Å². The van der Waals surface area contributed by atoms with E-state index < -0.39 is 23.5 Å². The molecule has 0 aromatic heterocycles. The van der Waals surface area contributed by atoms with E-state index in [1.807, 2.05) is 25.1 Å². The third-order valence-electron chi connectivity index (χ3n) is 5.47. The van der Waals surface area contributed by atoms with Crippen LogP contribution >= 0.6 is 11.6 Å². The van der Waals surface area contributed by atoms with Gasteiger partial charge in [-0.15, -0.1) is 0 Å². The third kappa shape index (κ3) is 4.61. The maximum atomic E-state index is 11.4. The molecule has 0 spiro atoms. The molecule has 1 aliphatic rings. The predicted octanol–water partition coefficient (Wildman–Crippen LogP) is 0.179. The number of carboxylic acid groups (broad SMARTS) is 2. The van der Waals surface area contributed by atoms with E-state index in [9.17, 15) is 24.9 Å². The summed E-state index contributed by atoms with van der Waals surface area (Å²) in [6.45, 7) is 2.33. The Kier molecular flexibility index (Phi) is 6.27. The molecule has 0 heterocycles. The van der Waals surface area contributed by atoms with E-state index in [2.05, 4.69) is 5.32 Å². The van der Waals surface area contributed by atoms with Crippen LogP contribution in [-0.4, -0.2) is 29.6 Å². The van der Waals surface area contributed by atoms with Gasteiger partial charge in [-0.3, -0.25) is 0 Å². The van der Waals surface area contributed by atoms with Crippen molar-refractivity contribution in [3.8, 4) is 0 Å². The Hall–Kier alpha value is -2.41. The second-order valence-corrected chi connectivity index (χ2v) is 8.13. The number of aliphatic carboxylic acids is 2. The minimum atomic E-state index is -1.99. The van der Waals surface area contributed by atoms with Crippen molar-refractivity contribution in [2.45, 2.75) is 38.3 Å². The molecule has 0 saturated carbocycles. The van der Waals surface area contributed by atoms with Crippen LogP contribution in [0.3, 0.4) is 0 Å². The molecule has 2 aromatic rings. The molecule has 0 bridgehead atoms. The van der Waals surface area contributed by atoms with Crippen molar-refractivity contribution in [2.24, 2.45) is 5.41 Å². The minimum Gasteiger partial charge on any atom is -0.549 e. The van der Waals surface area contributed by atoms with Crippen LogP contribution in [0.25, 0.3) is 0 Å². The number of carbonyl (C=O) groups excluding carboxylic acids is 2. The molecule has 1 aliphatic carbocycles. The zero-order valence-corrected chi connectivity index (χ0v) is 16.7. The third-order valence-corrected chi connectivity index (χ3v) is 5.71. The van der Waals surface area contributed by atoms with Crippen LogP contribution in [0.15, 0.2) is 42.5 Å². The summed E-state index contributed by atoms with van der Waals surface area (Å²) in [5.74, 6) is -3.22. The van der Waals surface area contributed by atoms with Crippen molar-refractivity contribution in [2.75, 3.05) is 6.54 Å². The molecule has 7 heteroatoms. The molecule has 0 saturated heterocycles. The summed E-state index contributed by atoms with van der Waals surface area (Å²) in [5.41, 5.74) is 1.08. The number of benzene rings is 2. The molecule has 3 rings (SSSR count). The van der Waals surface area contributed by atoms with Crippen molar-refractivity contribution in [3.63, 3.8) is 0 Å². The van der Waals surface area contributed by atoms with Crippen LogP contribution in [-0.2, 0) is 28.9 Å². The van der Waals surface area contributed by atoms with Crippen molar-refractivity contribution in [1.82, 2.24) is 5.32 Å². The van der Waals surface area contributed by atoms with Gasteiger partial charge in [0.25, 0.3) is 0 Å². The monoisotopic (exact) mass is 415 g/mol. The molecule has 0 radical (unpaired) electrons. The van der Waals surface area contributed by atoms with Crippen molar-refractivity contribution < 1.29 is 24.9 Å². The van der Waals surface area contributed by atoms with E-state index in [-0.39, 0.29) is 18.9 Å². The summed E-state index contributed by atoms with van der Waals surface area (Å²) < 4.78 is 0. The van der Waals surface area contributed by atoms with Crippen molar-refractivity contribution in [1.29, 1.82) is 0 Å². The zero-order valence-electron chi connectivity index (χ0n) is 16.0. The van der Waals surface area contributed by atoms with Gasteiger partial charge in [0.15, 0.2) is 0 Å². The number of hydrogen-bond acceptors (Lipinski definition) is 6. The molecule has 2 atom stereocenters. The lowest BCUT2D eigenvalue weighted by atomic mass is 9.85. The first-order valence-corrected chi connectivity index (χ1v) is 9.79. The Bertz CT molecular complexity index is 915. The number of aliphatic hydroxyl groups is 1. The van der Waals surface area contributed by atoms with Gasteiger partial charge in [0.2, 0.25) is 0 Å². The van der Waals surface area contributed by atoms with Gasteiger partial charge in [-0.05, 0) is 60.6 Å². The standard InChI is InChI=1S/C22H24ClNO5/c1-13(24-12-19(25)15-3-2-4-18(23)9-15)7-14-5-6-16-10-22(20(26)27,21(28)29)11-17(16)8-14/h2-6,8-9,13,19,24-25H,7,10-12H2,1H3,(H,26,27)(H,28,29)/p-2. The van der Waals surface area contributed by atoms with Gasteiger partial charge < -0.3 is 30.2 Å². The number of hydrogen-bond donors (Lipinski definition) is 2. The Morgan fingerprint density at radius 2 is 1.83 bits per heavy atom. The second kappa shape index (κ2) is 8.53. The molecular weight excluding hydrogens is 394 g/mol. The highest BCUT2D eigenvalue weighted by molar-refractivity contribution is 6.30. The van der Waals surface area contributed by atoms with Crippen LogP contribution in [0, 0.1) is 5.41 Å². The number of rotatable bonds is 8. The quantitative estimate of drug-likeness (QED) is 0.595. The Balaban J connectivity index is 1.61. The van der Waals surface area contributed by atoms with Crippen LogP contribution < -0.4 is 15.5 Å². The highest BCUT2D eigenvalue weighted by Gasteiger charge is 2.40. The molecule has 0 amide bonds. The summed E-state index contributed by atoms with van der Waals surface area (Å²) >= 11 is 5.95. The zero-order chi connectivity index (χ0) is 21.2. The maximum absolute atomic E-state index is 11.4. The molecule has 2 aromatic carbocycles. The summed E-state index contributed by atoms with van der Waals surface area (Å²) in [6.07, 6.45) is -0.301. The van der Waals surface area contributed by atoms with E-state index in [1.165, 1.54) is 0 Å². The van der Waals surface area contributed by atoms with Crippen LogP contribution in [0.5, 0.6) is 0 Å². The lowest BCUT2D eigenvalue weighted by molar-refractivity contribution is -0.342. The first kappa shape index (κ1) is 21.3. The largest absolute Gasteiger partial charge is 0.549 e. The number of fused-ring (bicyclic) bond motifs is 1. The first-order valence-electron chi connectivity index (χ1n) is 9.42. The normalized spacial score (nSPS) is 16.8. The molecule has 0 fully saturated rings. The first-order chi connectivity index (χ1) is 13.7. The average Bonchev–Trinajstić information content (AvgIpc) is 3.06. The Morgan fingerprint density at radius 1 is 1.14 bits per heavy atom. The second-order valence-electron chi connectivity index (χ2n) is 7.70. The molecule has 0 aliphatic heterocycles. The highest BCUT2D eigenvalue weighted by Crippen LogP contribution is 2.37. The molecule has 2 N–H and O–H groups in total. The van der Waals surface area contributed by atoms with Gasteiger partial charge >= 0.3 is 0 Å². The lowest BCUT2D eigenvalue weighted by Crippen LogP contribution is -2.54. The van der Waals surface area contributed by atoms with E-state index in [1.54, 1.807) is 24.3 Å². The van der Waals surface area contributed by atoms with E-state index >= 15 is 0 Å². The SMILES string of the molecule is CC(Cc1ccc2c(c1)CC(C(=O)[O-])(C(=O)[O-])C2)NCC(O)c1cccc(Cl)c1. The topological polar surface area (TPSA) is 113 Å². The van der Waals surface area contributed by atoms with Gasteiger partial charge in [0.1, 0.15) is 0 Å². The predicted molar refractivity (Wildman–Crippen MR) is 104 cm³/mol. The Labute approximate surface area is 174 Å². The van der Waals surface area contributed by atoms with Gasteiger partial charge in [-0.1, -0.05) is 41.9 Å². The van der Waals surface area contributed by atoms with Gasteiger partial charge in [-0.25, -0.2) is 0 Å². The fraction of sp³-hybridized carbons (Fsp3) is 0.364. The molecular formula is C22H22ClNO5-2. The summed E-state index contributed by atoms with van der Waals surface area (Å²) in [7, 11) is 0.